The van der Waals surface area contributed by atoms with Crippen LogP contribution in [0.4, 0.5) is 11.4 Å². The molecule has 0 aliphatic carbocycles. The van der Waals surface area contributed by atoms with Crippen LogP contribution in [0.15, 0.2) is 40.2 Å². The van der Waals surface area contributed by atoms with E-state index in [0.29, 0.717) is 15.8 Å². The number of aromatic hydroxyl groups is 1. The summed E-state index contributed by atoms with van der Waals surface area (Å²) in [6.45, 7) is 12.2. The van der Waals surface area contributed by atoms with Gasteiger partial charge in [0.15, 0.2) is 10.9 Å². The number of phenols is 1. The molecule has 1 fully saturated rings. The maximum absolute atomic E-state index is 12.6. The molecule has 1 aliphatic rings. The Morgan fingerprint density at radius 1 is 1.09 bits per heavy atom. The zero-order chi connectivity index (χ0) is 25.4. The number of carbonyl (C=O) groups is 1. The van der Waals surface area contributed by atoms with Crippen molar-refractivity contribution in [1.29, 1.82) is 0 Å². The second kappa shape index (κ2) is 9.13. The number of hydrogen-bond acceptors (Lipinski definition) is 7. The average Bonchev–Trinajstić information content (AvgIpc) is 3.05. The largest absolute Gasteiger partial charge is 0.507 e. The maximum atomic E-state index is 12.6. The number of amides is 1. The topological polar surface area (TPSA) is 114 Å². The summed E-state index contributed by atoms with van der Waals surface area (Å²) in [4.78, 5) is 28.1. The van der Waals surface area contributed by atoms with E-state index in [1.165, 1.54) is 19.2 Å². The Morgan fingerprint density at radius 3 is 2.18 bits per heavy atom. The lowest BCUT2D eigenvalue weighted by molar-refractivity contribution is -0.385. The normalized spacial score (nSPS) is 16.7. The number of nitro groups is 1. The molecule has 2 aromatic rings. The van der Waals surface area contributed by atoms with E-state index in [9.17, 15) is 20.0 Å². The van der Waals surface area contributed by atoms with Gasteiger partial charge < -0.3 is 15.2 Å². The van der Waals surface area contributed by atoms with Gasteiger partial charge in [0.25, 0.3) is 5.91 Å². The van der Waals surface area contributed by atoms with E-state index in [1.54, 1.807) is 12.1 Å². The number of aliphatic imine (C=N–C) groups is 1. The van der Waals surface area contributed by atoms with Gasteiger partial charge in [-0.3, -0.25) is 14.9 Å². The van der Waals surface area contributed by atoms with Gasteiger partial charge in [0, 0.05) is 17.2 Å². The van der Waals surface area contributed by atoms with E-state index in [-0.39, 0.29) is 33.9 Å². The Bertz CT molecular complexity index is 1190. The van der Waals surface area contributed by atoms with Crippen molar-refractivity contribution in [3.05, 3.63) is 62.0 Å². The van der Waals surface area contributed by atoms with Crippen LogP contribution in [0, 0.1) is 10.1 Å². The van der Waals surface area contributed by atoms with Crippen molar-refractivity contribution >= 4 is 40.3 Å². The monoisotopic (exact) mass is 483 g/mol. The zero-order valence-corrected chi connectivity index (χ0v) is 21.2. The third-order valence-corrected chi connectivity index (χ3v) is 6.20. The van der Waals surface area contributed by atoms with Crippen LogP contribution < -0.4 is 10.1 Å². The fraction of sp³-hybridized carbons (Fsp3) is 0.360. The highest BCUT2D eigenvalue weighted by atomic mass is 32.2. The Balaban J connectivity index is 1.99. The Kier molecular flexibility index (Phi) is 6.80. The van der Waals surface area contributed by atoms with Crippen LogP contribution in [0.25, 0.3) is 6.08 Å². The number of carbonyl (C=O) groups excluding carboxylic acids is 1. The quantitative estimate of drug-likeness (QED) is 0.323. The van der Waals surface area contributed by atoms with E-state index in [2.05, 4.69) is 10.3 Å². The summed E-state index contributed by atoms with van der Waals surface area (Å²) in [7, 11) is 1.36. The average molecular weight is 484 g/mol. The molecule has 8 nitrogen and oxygen atoms in total. The molecule has 1 amide bonds. The number of methoxy groups -OCH3 is 1. The van der Waals surface area contributed by atoms with Crippen LogP contribution in [-0.4, -0.2) is 28.2 Å². The third-order valence-electron chi connectivity index (χ3n) is 5.29. The lowest BCUT2D eigenvalue weighted by atomic mass is 9.78. The van der Waals surface area contributed by atoms with Crippen molar-refractivity contribution in [3.63, 3.8) is 0 Å². The zero-order valence-electron chi connectivity index (χ0n) is 20.3. The van der Waals surface area contributed by atoms with Gasteiger partial charge in [-0.2, -0.15) is 0 Å². The van der Waals surface area contributed by atoms with Gasteiger partial charge in [-0.15, -0.1) is 0 Å². The number of nitrogens with zero attached hydrogens (tertiary/aromatic N) is 2. The number of nitrogens with one attached hydrogen (secondary N) is 1. The van der Waals surface area contributed by atoms with Crippen LogP contribution in [0.1, 0.15) is 58.2 Å². The molecule has 0 atom stereocenters. The number of rotatable bonds is 4. The number of benzene rings is 2. The molecule has 0 bridgehead atoms. The molecule has 34 heavy (non-hydrogen) atoms. The van der Waals surface area contributed by atoms with E-state index in [4.69, 9.17) is 4.74 Å². The molecule has 0 spiro atoms. The molecule has 0 saturated carbocycles. The van der Waals surface area contributed by atoms with Gasteiger partial charge in [-0.1, -0.05) is 41.5 Å². The summed E-state index contributed by atoms with van der Waals surface area (Å²) in [5.41, 5.74) is 1.93. The number of amidine groups is 1. The summed E-state index contributed by atoms with van der Waals surface area (Å²) in [5.74, 6) is 0.0952. The molecule has 9 heteroatoms. The van der Waals surface area contributed by atoms with Gasteiger partial charge in [0.2, 0.25) is 0 Å². The van der Waals surface area contributed by atoms with Crippen molar-refractivity contribution in [1.82, 2.24) is 5.32 Å². The Morgan fingerprint density at radius 2 is 1.68 bits per heavy atom. The van der Waals surface area contributed by atoms with Crippen molar-refractivity contribution < 1.29 is 19.6 Å². The molecule has 2 aromatic carbocycles. The van der Waals surface area contributed by atoms with E-state index >= 15 is 0 Å². The molecule has 2 N–H and O–H groups in total. The second-order valence-electron chi connectivity index (χ2n) is 10.1. The van der Waals surface area contributed by atoms with E-state index in [1.807, 2.05) is 53.7 Å². The minimum absolute atomic E-state index is 0.134. The summed E-state index contributed by atoms with van der Waals surface area (Å²) in [5, 5.41) is 25.2. The highest BCUT2D eigenvalue weighted by Gasteiger charge is 2.28. The van der Waals surface area contributed by atoms with Gasteiger partial charge in [0.05, 0.1) is 22.6 Å². The van der Waals surface area contributed by atoms with Crippen LogP contribution in [-0.2, 0) is 15.6 Å². The number of hydrogen-bond donors (Lipinski definition) is 2. The first kappa shape index (κ1) is 25.3. The molecule has 0 radical (unpaired) electrons. The molecule has 1 heterocycles. The van der Waals surface area contributed by atoms with Gasteiger partial charge >= 0.3 is 5.69 Å². The van der Waals surface area contributed by atoms with Crippen molar-refractivity contribution in [2.24, 2.45) is 4.99 Å². The predicted molar refractivity (Wildman–Crippen MR) is 136 cm³/mol. The molecule has 0 unspecified atom stereocenters. The Hall–Kier alpha value is -3.33. The number of thioether (sulfide) groups is 1. The van der Waals surface area contributed by atoms with Crippen LogP contribution in [0.3, 0.4) is 0 Å². The van der Waals surface area contributed by atoms with Crippen LogP contribution >= 0.6 is 11.8 Å². The second-order valence-corrected chi connectivity index (χ2v) is 11.1. The predicted octanol–water partition coefficient (Wildman–Crippen LogP) is 5.80. The van der Waals surface area contributed by atoms with Crippen molar-refractivity contribution in [3.8, 4) is 11.5 Å². The fourth-order valence-corrected chi connectivity index (χ4v) is 4.37. The molecule has 180 valence electrons. The van der Waals surface area contributed by atoms with Crippen LogP contribution in [0.2, 0.25) is 0 Å². The number of ether oxygens (including phenoxy) is 1. The highest BCUT2D eigenvalue weighted by Crippen LogP contribution is 2.41. The van der Waals surface area contributed by atoms with Crippen molar-refractivity contribution in [2.45, 2.75) is 52.4 Å². The fourth-order valence-electron chi connectivity index (χ4n) is 3.52. The molecule has 1 saturated heterocycles. The first-order valence-electron chi connectivity index (χ1n) is 10.7. The summed E-state index contributed by atoms with van der Waals surface area (Å²) in [6, 6.07) is 8.14. The minimum atomic E-state index is -0.543. The summed E-state index contributed by atoms with van der Waals surface area (Å²) < 4.78 is 5.02. The highest BCUT2D eigenvalue weighted by molar-refractivity contribution is 8.18. The first-order chi connectivity index (χ1) is 15.7. The third kappa shape index (κ3) is 5.41. The number of nitro benzene ring substituents is 1. The van der Waals surface area contributed by atoms with E-state index < -0.39 is 4.92 Å². The molecular weight excluding hydrogens is 454 g/mol. The van der Waals surface area contributed by atoms with E-state index in [0.717, 1.165) is 28.5 Å². The summed E-state index contributed by atoms with van der Waals surface area (Å²) in [6.07, 6.45) is 1.77. The van der Waals surface area contributed by atoms with Gasteiger partial charge in [0.1, 0.15) is 5.75 Å². The van der Waals surface area contributed by atoms with Gasteiger partial charge in [-0.05, 0) is 58.5 Å². The first-order valence-corrected chi connectivity index (χ1v) is 11.5. The van der Waals surface area contributed by atoms with Crippen molar-refractivity contribution in [2.75, 3.05) is 7.11 Å². The SMILES string of the molecule is COc1ccc(N=C2NC(=O)/C(=C/c3cc(C(C)(C)C)c(O)c(C(C)(C)C)c3)S2)cc1[N+](=O)[O-]. The minimum Gasteiger partial charge on any atom is -0.507 e. The van der Waals surface area contributed by atoms with Crippen LogP contribution in [0.5, 0.6) is 11.5 Å². The van der Waals surface area contributed by atoms with Gasteiger partial charge in [-0.25, -0.2) is 4.99 Å². The molecule has 0 aromatic heterocycles. The maximum Gasteiger partial charge on any atom is 0.313 e. The lowest BCUT2D eigenvalue weighted by Gasteiger charge is -2.28. The summed E-state index contributed by atoms with van der Waals surface area (Å²) >= 11 is 1.15. The molecular formula is C25H29N3O5S. The molecule has 1 aliphatic heterocycles. The lowest BCUT2D eigenvalue weighted by Crippen LogP contribution is -2.19. The standard InChI is InChI=1S/C25H29N3O5S/c1-24(2,3)16-10-14(11-17(21(16)29)25(4,5)6)12-20-22(30)27-23(34-20)26-15-8-9-19(33-7)18(13-15)28(31)32/h8-13,29H,1-7H3,(H,26,27,30)/b20-12-. The number of phenolic OH excluding ortho intramolecular Hbond substituents is 1. The molecule has 3 rings (SSSR count). The smallest absolute Gasteiger partial charge is 0.313 e. The Labute approximate surface area is 203 Å².